The quantitative estimate of drug-likeness (QED) is 0.929. The average Bonchev–Trinajstić information content (AvgIpc) is 3.07. The topological polar surface area (TPSA) is 46.3 Å². The number of nitrogens with zero attached hydrogens (tertiary/aromatic N) is 1. The smallest absolute Gasteiger partial charge is 0.226 e. The summed E-state index contributed by atoms with van der Waals surface area (Å²) in [6.07, 6.45) is 3.16. The second kappa shape index (κ2) is 5.25. The molecule has 1 amide bonds. The standard InChI is InChI=1S/C15H19BrN2O/c16-11-5-3-10(4-6-11)13-8-14(13)15(19)18-7-1-2-12(18)9-17/h3-6,12-14H,1-2,7-9,17H2/t12-,13+,14+/m0/s1. The average molecular weight is 323 g/mol. The normalized spacial score (nSPS) is 29.6. The van der Waals surface area contributed by atoms with Crippen molar-refractivity contribution in [2.45, 2.75) is 31.2 Å². The number of carbonyl (C=O) groups excluding carboxylic acids is 1. The van der Waals surface area contributed by atoms with E-state index in [1.807, 2.05) is 17.0 Å². The van der Waals surface area contributed by atoms with Crippen LogP contribution < -0.4 is 5.73 Å². The highest BCUT2D eigenvalue weighted by atomic mass is 79.9. The zero-order valence-electron chi connectivity index (χ0n) is 10.9. The molecule has 1 aliphatic heterocycles. The van der Waals surface area contributed by atoms with Crippen LogP contribution in [0.25, 0.3) is 0 Å². The van der Waals surface area contributed by atoms with Crippen LogP contribution in [0.1, 0.15) is 30.7 Å². The van der Waals surface area contributed by atoms with Crippen LogP contribution in [0.2, 0.25) is 0 Å². The summed E-state index contributed by atoms with van der Waals surface area (Å²) in [6, 6.07) is 8.61. The van der Waals surface area contributed by atoms with Crippen molar-refractivity contribution in [3.05, 3.63) is 34.3 Å². The molecule has 1 aliphatic carbocycles. The van der Waals surface area contributed by atoms with Gasteiger partial charge in [-0.15, -0.1) is 0 Å². The number of benzene rings is 1. The van der Waals surface area contributed by atoms with E-state index in [0.717, 1.165) is 30.3 Å². The summed E-state index contributed by atoms with van der Waals surface area (Å²) in [5.74, 6) is 0.925. The van der Waals surface area contributed by atoms with E-state index in [2.05, 4.69) is 28.1 Å². The molecule has 3 atom stereocenters. The fraction of sp³-hybridized carbons (Fsp3) is 0.533. The van der Waals surface area contributed by atoms with Crippen LogP contribution in [0.3, 0.4) is 0 Å². The number of likely N-dealkylation sites (tertiary alicyclic amines) is 1. The lowest BCUT2D eigenvalue weighted by Gasteiger charge is -2.23. The second-order valence-electron chi connectivity index (χ2n) is 5.56. The van der Waals surface area contributed by atoms with Gasteiger partial charge >= 0.3 is 0 Å². The first-order valence-electron chi connectivity index (χ1n) is 6.96. The summed E-state index contributed by atoms with van der Waals surface area (Å²) in [6.45, 7) is 1.49. The van der Waals surface area contributed by atoms with Gasteiger partial charge in [-0.1, -0.05) is 28.1 Å². The van der Waals surface area contributed by atoms with Gasteiger partial charge in [0.05, 0.1) is 0 Å². The van der Waals surface area contributed by atoms with E-state index in [1.165, 1.54) is 5.56 Å². The van der Waals surface area contributed by atoms with E-state index >= 15 is 0 Å². The Morgan fingerprint density at radius 2 is 2.11 bits per heavy atom. The molecule has 3 nitrogen and oxygen atoms in total. The maximum atomic E-state index is 12.5. The summed E-state index contributed by atoms with van der Waals surface area (Å²) >= 11 is 3.44. The van der Waals surface area contributed by atoms with Crippen LogP contribution in [0.5, 0.6) is 0 Å². The predicted octanol–water partition coefficient (Wildman–Crippen LogP) is 2.50. The number of hydrogen-bond acceptors (Lipinski definition) is 2. The maximum Gasteiger partial charge on any atom is 0.226 e. The number of carbonyl (C=O) groups is 1. The molecule has 2 fully saturated rings. The summed E-state index contributed by atoms with van der Waals surface area (Å²) in [5, 5.41) is 0. The minimum absolute atomic E-state index is 0.188. The molecule has 1 saturated carbocycles. The Labute approximate surface area is 122 Å². The van der Waals surface area contributed by atoms with Gasteiger partial charge in [0.25, 0.3) is 0 Å². The third-order valence-electron chi connectivity index (χ3n) is 4.34. The molecule has 0 unspecified atom stereocenters. The summed E-state index contributed by atoms with van der Waals surface area (Å²) in [5.41, 5.74) is 7.03. The molecule has 1 aromatic rings. The first-order valence-corrected chi connectivity index (χ1v) is 7.76. The molecule has 0 aromatic heterocycles. The zero-order chi connectivity index (χ0) is 13.4. The fourth-order valence-electron chi connectivity index (χ4n) is 3.13. The molecule has 4 heteroatoms. The molecule has 3 rings (SSSR count). The fourth-order valence-corrected chi connectivity index (χ4v) is 3.39. The number of hydrogen-bond donors (Lipinski definition) is 1. The Kier molecular flexibility index (Phi) is 3.63. The molecule has 1 heterocycles. The van der Waals surface area contributed by atoms with Crippen molar-refractivity contribution in [2.24, 2.45) is 11.7 Å². The minimum Gasteiger partial charge on any atom is -0.338 e. The first kappa shape index (κ1) is 13.1. The van der Waals surface area contributed by atoms with E-state index in [4.69, 9.17) is 5.73 Å². The summed E-state index contributed by atoms with van der Waals surface area (Å²) in [4.78, 5) is 14.5. The van der Waals surface area contributed by atoms with Crippen LogP contribution in [-0.2, 0) is 4.79 Å². The highest BCUT2D eigenvalue weighted by Crippen LogP contribution is 2.49. The lowest BCUT2D eigenvalue weighted by molar-refractivity contribution is -0.133. The van der Waals surface area contributed by atoms with Crippen LogP contribution in [0.15, 0.2) is 28.7 Å². The second-order valence-corrected chi connectivity index (χ2v) is 6.48. The van der Waals surface area contributed by atoms with Crippen molar-refractivity contribution < 1.29 is 4.79 Å². The largest absolute Gasteiger partial charge is 0.338 e. The molecular weight excluding hydrogens is 304 g/mol. The van der Waals surface area contributed by atoms with E-state index < -0.39 is 0 Å². The molecule has 102 valence electrons. The van der Waals surface area contributed by atoms with Crippen molar-refractivity contribution in [1.82, 2.24) is 4.90 Å². The third-order valence-corrected chi connectivity index (χ3v) is 4.87. The highest BCUT2D eigenvalue weighted by molar-refractivity contribution is 9.10. The van der Waals surface area contributed by atoms with Crippen LogP contribution in [0.4, 0.5) is 0 Å². The molecule has 1 aromatic carbocycles. The van der Waals surface area contributed by atoms with E-state index in [9.17, 15) is 4.79 Å². The van der Waals surface area contributed by atoms with Crippen molar-refractivity contribution in [3.8, 4) is 0 Å². The highest BCUT2D eigenvalue weighted by Gasteiger charge is 2.47. The van der Waals surface area contributed by atoms with Crippen molar-refractivity contribution >= 4 is 21.8 Å². The minimum atomic E-state index is 0.188. The summed E-state index contributed by atoms with van der Waals surface area (Å²) in [7, 11) is 0. The van der Waals surface area contributed by atoms with Crippen LogP contribution >= 0.6 is 15.9 Å². The monoisotopic (exact) mass is 322 g/mol. The molecule has 2 N–H and O–H groups in total. The number of rotatable bonds is 3. The predicted molar refractivity (Wildman–Crippen MR) is 78.8 cm³/mol. The lowest BCUT2D eigenvalue weighted by atomic mass is 10.1. The van der Waals surface area contributed by atoms with Gasteiger partial charge in [0.1, 0.15) is 0 Å². The van der Waals surface area contributed by atoms with Gasteiger partial charge in [-0.3, -0.25) is 4.79 Å². The molecule has 0 spiro atoms. The molecule has 19 heavy (non-hydrogen) atoms. The van der Waals surface area contributed by atoms with Gasteiger partial charge in [0.15, 0.2) is 0 Å². The Morgan fingerprint density at radius 3 is 2.79 bits per heavy atom. The molecule has 2 aliphatic rings. The number of halogens is 1. The molecule has 0 bridgehead atoms. The Morgan fingerprint density at radius 1 is 1.37 bits per heavy atom. The van der Waals surface area contributed by atoms with Gasteiger partial charge in [-0.2, -0.15) is 0 Å². The number of nitrogens with two attached hydrogens (primary N) is 1. The van der Waals surface area contributed by atoms with E-state index in [0.29, 0.717) is 18.4 Å². The van der Waals surface area contributed by atoms with Gasteiger partial charge in [0, 0.05) is 29.5 Å². The molecule has 0 radical (unpaired) electrons. The van der Waals surface area contributed by atoms with Crippen molar-refractivity contribution in [3.63, 3.8) is 0 Å². The first-order chi connectivity index (χ1) is 9.20. The Bertz CT molecular complexity index is 474. The SMILES string of the molecule is NC[C@@H]1CCCN1C(=O)[C@@H]1C[C@@H]1c1ccc(Br)cc1. The maximum absolute atomic E-state index is 12.5. The van der Waals surface area contributed by atoms with Gasteiger partial charge in [-0.25, -0.2) is 0 Å². The van der Waals surface area contributed by atoms with E-state index in [1.54, 1.807) is 0 Å². The Hall–Kier alpha value is -0.870. The van der Waals surface area contributed by atoms with Gasteiger partial charge in [-0.05, 0) is 42.9 Å². The zero-order valence-corrected chi connectivity index (χ0v) is 12.5. The van der Waals surface area contributed by atoms with Crippen molar-refractivity contribution in [1.29, 1.82) is 0 Å². The Balaban J connectivity index is 1.66. The van der Waals surface area contributed by atoms with Crippen LogP contribution in [0, 0.1) is 5.92 Å². The third kappa shape index (κ3) is 2.56. The molecular formula is C15H19BrN2O. The van der Waals surface area contributed by atoms with Crippen molar-refractivity contribution in [2.75, 3.05) is 13.1 Å². The number of amides is 1. The summed E-state index contributed by atoms with van der Waals surface area (Å²) < 4.78 is 1.09. The molecule has 1 saturated heterocycles. The van der Waals surface area contributed by atoms with Gasteiger partial charge < -0.3 is 10.6 Å². The lowest BCUT2D eigenvalue weighted by Crippen LogP contribution is -2.40. The van der Waals surface area contributed by atoms with Crippen LogP contribution in [-0.4, -0.2) is 29.9 Å². The van der Waals surface area contributed by atoms with Gasteiger partial charge in [0.2, 0.25) is 5.91 Å². The van der Waals surface area contributed by atoms with E-state index in [-0.39, 0.29) is 12.0 Å².